The summed E-state index contributed by atoms with van der Waals surface area (Å²) < 4.78 is 11.9. The van der Waals surface area contributed by atoms with E-state index in [9.17, 15) is 4.79 Å². The molecule has 0 radical (unpaired) electrons. The molecule has 19 heavy (non-hydrogen) atoms. The van der Waals surface area contributed by atoms with Gasteiger partial charge in [-0.25, -0.2) is 0 Å². The Labute approximate surface area is 127 Å². The van der Waals surface area contributed by atoms with E-state index >= 15 is 0 Å². The first-order valence-corrected chi connectivity index (χ1v) is 7.04. The topological polar surface area (TPSA) is 51.5 Å². The van der Waals surface area contributed by atoms with E-state index in [4.69, 9.17) is 9.15 Å². The minimum absolute atomic E-state index is 0.227. The smallest absolute Gasteiger partial charge is 0.255 e. The first-order valence-electron chi connectivity index (χ1n) is 5.45. The Balaban J connectivity index is 2.18. The standard InChI is InChI=1S/C13H11Br2NO3/c1-18-12-10(5-8(14)6-11(12)15)13(17)16-7-9-3-2-4-19-9/h2-6H,7H2,1H3,(H,16,17). The zero-order valence-electron chi connectivity index (χ0n) is 10.1. The Kier molecular flexibility index (Phi) is 4.66. The number of methoxy groups -OCH3 is 1. The largest absolute Gasteiger partial charge is 0.495 e. The fourth-order valence-corrected chi connectivity index (χ4v) is 3.00. The molecular weight excluding hydrogens is 378 g/mol. The highest BCUT2D eigenvalue weighted by Gasteiger charge is 2.16. The maximum Gasteiger partial charge on any atom is 0.255 e. The number of halogens is 2. The summed E-state index contributed by atoms with van der Waals surface area (Å²) >= 11 is 6.71. The van der Waals surface area contributed by atoms with Gasteiger partial charge in [-0.05, 0) is 40.2 Å². The van der Waals surface area contributed by atoms with Gasteiger partial charge in [0.1, 0.15) is 11.5 Å². The van der Waals surface area contributed by atoms with E-state index < -0.39 is 0 Å². The molecule has 1 aromatic heterocycles. The third kappa shape index (κ3) is 3.39. The lowest BCUT2D eigenvalue weighted by Gasteiger charge is -2.11. The van der Waals surface area contributed by atoms with Gasteiger partial charge in [0, 0.05) is 4.47 Å². The van der Waals surface area contributed by atoms with Gasteiger partial charge in [-0.15, -0.1) is 0 Å². The zero-order valence-corrected chi connectivity index (χ0v) is 13.2. The van der Waals surface area contributed by atoms with Crippen LogP contribution in [-0.2, 0) is 6.54 Å². The average Bonchev–Trinajstić information content (AvgIpc) is 2.88. The number of ether oxygens (including phenoxy) is 1. The van der Waals surface area contributed by atoms with Crippen molar-refractivity contribution in [1.82, 2.24) is 5.32 Å². The highest BCUT2D eigenvalue weighted by atomic mass is 79.9. The predicted octanol–water partition coefficient (Wildman–Crippen LogP) is 3.74. The van der Waals surface area contributed by atoms with Crippen LogP contribution >= 0.6 is 31.9 Å². The SMILES string of the molecule is COc1c(Br)cc(Br)cc1C(=O)NCc1ccco1. The van der Waals surface area contributed by atoms with E-state index in [1.54, 1.807) is 24.5 Å². The number of carbonyl (C=O) groups is 1. The summed E-state index contributed by atoms with van der Waals surface area (Å²) in [5.41, 5.74) is 0.454. The zero-order chi connectivity index (χ0) is 13.8. The number of benzene rings is 1. The lowest BCUT2D eigenvalue weighted by atomic mass is 10.2. The minimum Gasteiger partial charge on any atom is -0.495 e. The van der Waals surface area contributed by atoms with Gasteiger partial charge in [0.15, 0.2) is 0 Å². The van der Waals surface area contributed by atoms with Crippen molar-refractivity contribution in [3.05, 3.63) is 50.8 Å². The molecule has 100 valence electrons. The summed E-state index contributed by atoms with van der Waals surface area (Å²) in [6.45, 7) is 0.332. The lowest BCUT2D eigenvalue weighted by Crippen LogP contribution is -2.23. The van der Waals surface area contributed by atoms with Crippen molar-refractivity contribution in [3.8, 4) is 5.75 Å². The van der Waals surface area contributed by atoms with Crippen LogP contribution in [0.1, 0.15) is 16.1 Å². The van der Waals surface area contributed by atoms with E-state index in [2.05, 4.69) is 37.2 Å². The number of hydrogen-bond donors (Lipinski definition) is 1. The van der Waals surface area contributed by atoms with Crippen LogP contribution in [-0.4, -0.2) is 13.0 Å². The molecule has 0 saturated carbocycles. The van der Waals surface area contributed by atoms with Crippen molar-refractivity contribution in [2.75, 3.05) is 7.11 Å². The van der Waals surface area contributed by atoms with Crippen LogP contribution in [0.3, 0.4) is 0 Å². The van der Waals surface area contributed by atoms with Gasteiger partial charge in [0.05, 0.1) is 30.0 Å². The average molecular weight is 389 g/mol. The molecule has 2 aromatic rings. The minimum atomic E-state index is -0.227. The molecular formula is C13H11Br2NO3. The third-order valence-corrected chi connectivity index (χ3v) is 3.51. The van der Waals surface area contributed by atoms with Crippen LogP contribution in [0.5, 0.6) is 5.75 Å². The summed E-state index contributed by atoms with van der Waals surface area (Å²) in [4.78, 5) is 12.1. The summed E-state index contributed by atoms with van der Waals surface area (Å²) in [5.74, 6) is 0.969. The Morgan fingerprint density at radius 3 is 2.84 bits per heavy atom. The van der Waals surface area contributed by atoms with Crippen LogP contribution in [0.25, 0.3) is 0 Å². The van der Waals surface area contributed by atoms with Gasteiger partial charge in [-0.3, -0.25) is 4.79 Å². The van der Waals surface area contributed by atoms with Crippen molar-refractivity contribution >= 4 is 37.8 Å². The van der Waals surface area contributed by atoms with E-state index in [0.29, 0.717) is 28.1 Å². The van der Waals surface area contributed by atoms with Gasteiger partial charge in [-0.1, -0.05) is 15.9 Å². The van der Waals surface area contributed by atoms with Crippen molar-refractivity contribution in [2.24, 2.45) is 0 Å². The van der Waals surface area contributed by atoms with Crippen molar-refractivity contribution < 1.29 is 13.9 Å². The van der Waals surface area contributed by atoms with Crippen LogP contribution < -0.4 is 10.1 Å². The highest BCUT2D eigenvalue weighted by molar-refractivity contribution is 9.11. The van der Waals surface area contributed by atoms with Gasteiger partial charge in [0.25, 0.3) is 5.91 Å². The first-order chi connectivity index (χ1) is 9.11. The second kappa shape index (κ2) is 6.25. The molecule has 1 N–H and O–H groups in total. The molecule has 0 fully saturated rings. The fourth-order valence-electron chi connectivity index (χ4n) is 1.61. The molecule has 0 unspecified atom stereocenters. The normalized spacial score (nSPS) is 10.3. The number of rotatable bonds is 4. The Morgan fingerprint density at radius 2 is 2.21 bits per heavy atom. The second-order valence-corrected chi connectivity index (χ2v) is 5.50. The van der Waals surface area contributed by atoms with Crippen LogP contribution in [0, 0.1) is 0 Å². The molecule has 1 aromatic carbocycles. The second-order valence-electron chi connectivity index (χ2n) is 3.73. The quantitative estimate of drug-likeness (QED) is 0.867. The summed E-state index contributed by atoms with van der Waals surface area (Å²) in [7, 11) is 1.53. The van der Waals surface area contributed by atoms with Crippen LogP contribution in [0.2, 0.25) is 0 Å². The van der Waals surface area contributed by atoms with Crippen LogP contribution in [0.15, 0.2) is 43.9 Å². The summed E-state index contributed by atoms with van der Waals surface area (Å²) in [5, 5.41) is 2.78. The Morgan fingerprint density at radius 1 is 1.42 bits per heavy atom. The van der Waals surface area contributed by atoms with E-state index in [1.807, 2.05) is 6.07 Å². The van der Waals surface area contributed by atoms with Gasteiger partial charge < -0.3 is 14.5 Å². The monoisotopic (exact) mass is 387 g/mol. The van der Waals surface area contributed by atoms with Crippen molar-refractivity contribution in [2.45, 2.75) is 6.54 Å². The maximum atomic E-state index is 12.1. The summed E-state index contributed by atoms with van der Waals surface area (Å²) in [6, 6.07) is 7.11. The number of furan rings is 1. The van der Waals surface area contributed by atoms with Crippen LogP contribution in [0.4, 0.5) is 0 Å². The third-order valence-electron chi connectivity index (χ3n) is 2.46. The number of carbonyl (C=O) groups excluding carboxylic acids is 1. The Hall–Kier alpha value is -1.27. The molecule has 0 aliphatic heterocycles. The molecule has 0 atom stereocenters. The lowest BCUT2D eigenvalue weighted by molar-refractivity contribution is 0.0945. The predicted molar refractivity (Wildman–Crippen MR) is 78.3 cm³/mol. The molecule has 1 heterocycles. The van der Waals surface area contributed by atoms with E-state index in [-0.39, 0.29) is 5.91 Å². The van der Waals surface area contributed by atoms with Crippen molar-refractivity contribution in [1.29, 1.82) is 0 Å². The molecule has 0 spiro atoms. The molecule has 4 nitrogen and oxygen atoms in total. The van der Waals surface area contributed by atoms with Gasteiger partial charge in [-0.2, -0.15) is 0 Å². The first kappa shape index (κ1) is 14.1. The molecule has 0 aliphatic carbocycles. The molecule has 6 heteroatoms. The van der Waals surface area contributed by atoms with Gasteiger partial charge >= 0.3 is 0 Å². The molecule has 0 bridgehead atoms. The summed E-state index contributed by atoms with van der Waals surface area (Å²) in [6.07, 6.45) is 1.57. The Bertz CT molecular complexity index is 582. The van der Waals surface area contributed by atoms with E-state index in [0.717, 1.165) is 4.47 Å². The number of hydrogen-bond acceptors (Lipinski definition) is 3. The van der Waals surface area contributed by atoms with Gasteiger partial charge in [0.2, 0.25) is 0 Å². The highest BCUT2D eigenvalue weighted by Crippen LogP contribution is 2.32. The molecule has 0 saturated heterocycles. The molecule has 1 amide bonds. The van der Waals surface area contributed by atoms with E-state index in [1.165, 1.54) is 7.11 Å². The molecule has 0 aliphatic rings. The maximum absolute atomic E-state index is 12.1. The number of amides is 1. The van der Waals surface area contributed by atoms with Crippen molar-refractivity contribution in [3.63, 3.8) is 0 Å². The fraction of sp³-hybridized carbons (Fsp3) is 0.154. The molecule has 2 rings (SSSR count). The number of nitrogens with one attached hydrogen (secondary N) is 1.